The van der Waals surface area contributed by atoms with Gasteiger partial charge >= 0.3 is 0 Å². The Morgan fingerprint density at radius 3 is 2.38 bits per heavy atom. The fourth-order valence-corrected chi connectivity index (χ4v) is 4.02. The molecule has 1 aliphatic rings. The molecule has 0 atom stereocenters. The van der Waals surface area contributed by atoms with Crippen molar-refractivity contribution in [2.24, 2.45) is 0 Å². The maximum absolute atomic E-state index is 6.35. The number of hydrogen-bond donors (Lipinski definition) is 0. The summed E-state index contributed by atoms with van der Waals surface area (Å²) in [5, 5.41) is 3.04. The van der Waals surface area contributed by atoms with Crippen molar-refractivity contribution < 1.29 is 0 Å². The van der Waals surface area contributed by atoms with Gasteiger partial charge in [-0.2, -0.15) is 0 Å². The van der Waals surface area contributed by atoms with Gasteiger partial charge in [-0.3, -0.25) is 0 Å². The zero-order valence-corrected chi connectivity index (χ0v) is 13.7. The number of halogens is 1. The molecule has 1 nitrogen and oxygen atoms in total. The lowest BCUT2D eigenvalue weighted by Crippen LogP contribution is -2.41. The van der Waals surface area contributed by atoms with Crippen LogP contribution in [0, 0.1) is 0 Å². The molecule has 0 N–H and O–H groups in total. The van der Waals surface area contributed by atoms with Crippen LogP contribution in [0.1, 0.15) is 31.2 Å². The maximum atomic E-state index is 6.35. The van der Waals surface area contributed by atoms with E-state index >= 15 is 0 Å². The average Bonchev–Trinajstić information content (AvgIpc) is 2.49. The van der Waals surface area contributed by atoms with Gasteiger partial charge in [-0.05, 0) is 56.1 Å². The fourth-order valence-electron chi connectivity index (χ4n) is 3.80. The molecule has 3 rings (SSSR count). The minimum Gasteiger partial charge on any atom is -0.309 e. The first-order chi connectivity index (χ1) is 10.1. The lowest BCUT2D eigenvalue weighted by Gasteiger charge is -2.41. The summed E-state index contributed by atoms with van der Waals surface area (Å²) in [5.74, 6) is 0. The summed E-state index contributed by atoms with van der Waals surface area (Å²) < 4.78 is 0. The first-order valence-corrected chi connectivity index (χ1v) is 8.31. The predicted molar refractivity (Wildman–Crippen MR) is 92.3 cm³/mol. The van der Waals surface area contributed by atoms with E-state index in [1.165, 1.54) is 29.2 Å². The number of nitrogens with zero attached hydrogens (tertiary/aromatic N) is 1. The first-order valence-electron chi connectivity index (χ1n) is 7.87. The molecule has 0 amide bonds. The Bertz CT molecular complexity index is 612. The summed E-state index contributed by atoms with van der Waals surface area (Å²) in [6.45, 7) is 1.11. The van der Waals surface area contributed by atoms with Gasteiger partial charge in [0.15, 0.2) is 0 Å². The molecular weight excluding hydrogens is 278 g/mol. The Labute approximate surface area is 132 Å². The van der Waals surface area contributed by atoms with Crippen LogP contribution in [-0.4, -0.2) is 30.9 Å². The van der Waals surface area contributed by atoms with E-state index < -0.39 is 0 Å². The third-order valence-corrected chi connectivity index (χ3v) is 5.29. The molecule has 0 heterocycles. The Morgan fingerprint density at radius 2 is 1.71 bits per heavy atom. The topological polar surface area (TPSA) is 3.24 Å². The lowest BCUT2D eigenvalue weighted by molar-refractivity contribution is 0.218. The van der Waals surface area contributed by atoms with Gasteiger partial charge in [0.05, 0.1) is 0 Å². The molecule has 21 heavy (non-hydrogen) atoms. The standard InChI is InChI=1S/C19H24ClN/c1-21(2)14-19(11-9-18(20)10-12-19)17-8-7-15-5-3-4-6-16(15)13-17/h3-8,13,18H,9-12,14H2,1-2H3. The number of alkyl halides is 1. The highest BCUT2D eigenvalue weighted by Crippen LogP contribution is 2.42. The van der Waals surface area contributed by atoms with Crippen LogP contribution in [0.4, 0.5) is 0 Å². The van der Waals surface area contributed by atoms with Crippen LogP contribution in [0.2, 0.25) is 0 Å². The molecule has 0 saturated heterocycles. The summed E-state index contributed by atoms with van der Waals surface area (Å²) in [6.07, 6.45) is 4.64. The van der Waals surface area contributed by atoms with Gasteiger partial charge in [0.25, 0.3) is 0 Å². The third kappa shape index (κ3) is 3.09. The summed E-state index contributed by atoms with van der Waals surface area (Å²) >= 11 is 6.35. The second-order valence-electron chi connectivity index (χ2n) is 6.75. The van der Waals surface area contributed by atoms with Crippen LogP contribution in [-0.2, 0) is 5.41 Å². The van der Waals surface area contributed by atoms with Crippen molar-refractivity contribution in [1.82, 2.24) is 4.90 Å². The van der Waals surface area contributed by atoms with Crippen LogP contribution < -0.4 is 0 Å². The van der Waals surface area contributed by atoms with Gasteiger partial charge in [-0.25, -0.2) is 0 Å². The van der Waals surface area contributed by atoms with Crippen molar-refractivity contribution in [2.75, 3.05) is 20.6 Å². The molecule has 1 aliphatic carbocycles. The van der Waals surface area contributed by atoms with Gasteiger partial charge in [-0.1, -0.05) is 42.5 Å². The largest absolute Gasteiger partial charge is 0.309 e. The first kappa shape index (κ1) is 14.9. The minimum atomic E-state index is 0.263. The molecule has 2 aromatic carbocycles. The van der Waals surface area contributed by atoms with Gasteiger partial charge < -0.3 is 4.90 Å². The van der Waals surface area contributed by atoms with Crippen molar-refractivity contribution >= 4 is 22.4 Å². The van der Waals surface area contributed by atoms with E-state index in [0.29, 0.717) is 5.38 Å². The van der Waals surface area contributed by atoms with E-state index in [4.69, 9.17) is 11.6 Å². The molecule has 0 radical (unpaired) electrons. The Balaban J connectivity index is 2.01. The second-order valence-corrected chi connectivity index (χ2v) is 7.37. The van der Waals surface area contributed by atoms with Crippen LogP contribution in [0.25, 0.3) is 10.8 Å². The highest BCUT2D eigenvalue weighted by molar-refractivity contribution is 6.20. The van der Waals surface area contributed by atoms with Crippen LogP contribution in [0.5, 0.6) is 0 Å². The third-order valence-electron chi connectivity index (χ3n) is 4.85. The van der Waals surface area contributed by atoms with Crippen LogP contribution in [0.15, 0.2) is 42.5 Å². The highest BCUT2D eigenvalue weighted by atomic mass is 35.5. The maximum Gasteiger partial charge on any atom is 0.0336 e. The predicted octanol–water partition coefficient (Wildman–Crippen LogP) is 4.82. The van der Waals surface area contributed by atoms with E-state index in [0.717, 1.165) is 19.4 Å². The Kier molecular flexibility index (Phi) is 4.24. The van der Waals surface area contributed by atoms with Gasteiger partial charge in [0.1, 0.15) is 0 Å². The molecule has 0 aromatic heterocycles. The molecule has 0 aliphatic heterocycles. The summed E-state index contributed by atoms with van der Waals surface area (Å²) in [7, 11) is 4.35. The number of benzene rings is 2. The molecule has 0 spiro atoms. The van der Waals surface area contributed by atoms with E-state index in [1.807, 2.05) is 0 Å². The monoisotopic (exact) mass is 301 g/mol. The Hall–Kier alpha value is -1.05. The van der Waals surface area contributed by atoms with Gasteiger partial charge in [-0.15, -0.1) is 11.6 Å². The second kappa shape index (κ2) is 5.98. The summed E-state index contributed by atoms with van der Waals surface area (Å²) in [5.41, 5.74) is 1.75. The highest BCUT2D eigenvalue weighted by Gasteiger charge is 2.36. The molecule has 0 unspecified atom stereocenters. The van der Waals surface area contributed by atoms with Crippen molar-refractivity contribution in [2.45, 2.75) is 36.5 Å². The van der Waals surface area contributed by atoms with Crippen LogP contribution >= 0.6 is 11.6 Å². The molecule has 0 bridgehead atoms. The molecule has 1 saturated carbocycles. The average molecular weight is 302 g/mol. The minimum absolute atomic E-state index is 0.263. The molecule has 1 fully saturated rings. The van der Waals surface area contributed by atoms with E-state index in [9.17, 15) is 0 Å². The van der Waals surface area contributed by atoms with E-state index in [-0.39, 0.29) is 5.41 Å². The number of hydrogen-bond acceptors (Lipinski definition) is 1. The SMILES string of the molecule is CN(C)CC1(c2ccc3ccccc3c2)CCC(Cl)CC1. The molecular formula is C19H24ClN. The molecule has 112 valence electrons. The van der Waals surface area contributed by atoms with Crippen molar-refractivity contribution in [1.29, 1.82) is 0 Å². The lowest BCUT2D eigenvalue weighted by atomic mass is 9.68. The van der Waals surface area contributed by atoms with Crippen LogP contribution in [0.3, 0.4) is 0 Å². The zero-order valence-electron chi connectivity index (χ0n) is 13.0. The van der Waals surface area contributed by atoms with Crippen molar-refractivity contribution in [3.8, 4) is 0 Å². The number of fused-ring (bicyclic) bond motifs is 1. The number of rotatable bonds is 3. The summed E-state index contributed by atoms with van der Waals surface area (Å²) in [6, 6.07) is 15.6. The molecule has 2 aromatic rings. The van der Waals surface area contributed by atoms with Gasteiger partial charge in [0, 0.05) is 17.3 Å². The van der Waals surface area contributed by atoms with Gasteiger partial charge in [0.2, 0.25) is 0 Å². The molecule has 2 heteroatoms. The Morgan fingerprint density at radius 1 is 1.05 bits per heavy atom. The van der Waals surface area contributed by atoms with Crippen molar-refractivity contribution in [3.63, 3.8) is 0 Å². The van der Waals surface area contributed by atoms with Crippen molar-refractivity contribution in [3.05, 3.63) is 48.0 Å². The van der Waals surface area contributed by atoms with E-state index in [2.05, 4.69) is 61.5 Å². The zero-order chi connectivity index (χ0) is 14.9. The normalized spacial score (nSPS) is 26.4. The van der Waals surface area contributed by atoms with E-state index in [1.54, 1.807) is 0 Å². The number of likely N-dealkylation sites (N-methyl/N-ethyl adjacent to an activating group) is 1. The summed E-state index contributed by atoms with van der Waals surface area (Å²) in [4.78, 5) is 2.32. The smallest absolute Gasteiger partial charge is 0.0336 e. The quantitative estimate of drug-likeness (QED) is 0.735. The fraction of sp³-hybridized carbons (Fsp3) is 0.474.